The molecule has 3 aliphatic heterocycles. The summed E-state index contributed by atoms with van der Waals surface area (Å²) >= 11 is 2.20. The molecule has 0 aromatic carbocycles. The van der Waals surface area contributed by atoms with Crippen LogP contribution in [0.2, 0.25) is 0 Å². The zero-order valence-electron chi connectivity index (χ0n) is 9.67. The number of nitrogens with zero attached hydrogens (tertiary/aromatic N) is 1. The molecule has 0 aromatic heterocycles. The van der Waals surface area contributed by atoms with E-state index in [4.69, 9.17) is 0 Å². The van der Waals surface area contributed by atoms with E-state index >= 15 is 0 Å². The normalized spacial score (nSPS) is 47.0. The first kappa shape index (κ1) is 10.4. The van der Waals surface area contributed by atoms with Crippen LogP contribution in [0, 0.1) is 0 Å². The van der Waals surface area contributed by atoms with Crippen molar-refractivity contribution >= 4 is 11.8 Å². The van der Waals surface area contributed by atoms with Gasteiger partial charge in [-0.15, -0.1) is 11.8 Å². The molecule has 3 fully saturated rings. The monoisotopic (exact) mass is 226 g/mol. The Labute approximate surface area is 97.2 Å². The van der Waals surface area contributed by atoms with E-state index in [2.05, 4.69) is 28.9 Å². The fourth-order valence-corrected chi connectivity index (χ4v) is 5.18. The van der Waals surface area contributed by atoms with Gasteiger partial charge in [-0.25, -0.2) is 0 Å². The molecule has 15 heavy (non-hydrogen) atoms. The predicted molar refractivity (Wildman–Crippen MR) is 66.2 cm³/mol. The van der Waals surface area contributed by atoms with Crippen LogP contribution in [0.25, 0.3) is 0 Å². The van der Waals surface area contributed by atoms with Gasteiger partial charge in [0.05, 0.1) is 4.87 Å². The fourth-order valence-electron chi connectivity index (χ4n) is 3.48. The first-order valence-electron chi connectivity index (χ1n) is 6.43. The predicted octanol–water partition coefficient (Wildman–Crippen LogP) is 2.06. The van der Waals surface area contributed by atoms with E-state index < -0.39 is 0 Å². The lowest BCUT2D eigenvalue weighted by Gasteiger charge is -2.48. The van der Waals surface area contributed by atoms with Crippen LogP contribution in [0.4, 0.5) is 0 Å². The Bertz CT molecular complexity index is 246. The van der Waals surface area contributed by atoms with E-state index in [0.29, 0.717) is 4.87 Å². The summed E-state index contributed by atoms with van der Waals surface area (Å²) in [6, 6.07) is 1.63. The molecular formula is C12H22N2S. The molecule has 86 valence electrons. The van der Waals surface area contributed by atoms with Gasteiger partial charge in [0.15, 0.2) is 0 Å². The van der Waals surface area contributed by atoms with Crippen molar-refractivity contribution in [3.05, 3.63) is 0 Å². The molecule has 0 aliphatic carbocycles. The van der Waals surface area contributed by atoms with Crippen LogP contribution in [0.5, 0.6) is 0 Å². The molecule has 3 rings (SSSR count). The van der Waals surface area contributed by atoms with Crippen molar-refractivity contribution in [3.63, 3.8) is 0 Å². The average Bonchev–Trinajstić information content (AvgIpc) is 2.64. The molecule has 0 amide bonds. The quantitative estimate of drug-likeness (QED) is 0.680. The number of thioether (sulfide) groups is 1. The van der Waals surface area contributed by atoms with Gasteiger partial charge >= 0.3 is 0 Å². The van der Waals surface area contributed by atoms with Crippen molar-refractivity contribution in [1.82, 2.24) is 10.2 Å². The van der Waals surface area contributed by atoms with E-state index in [1.54, 1.807) is 0 Å². The van der Waals surface area contributed by atoms with Crippen molar-refractivity contribution in [2.24, 2.45) is 0 Å². The summed E-state index contributed by atoms with van der Waals surface area (Å²) in [5, 5.41) is 3.88. The molecule has 1 N–H and O–H groups in total. The summed E-state index contributed by atoms with van der Waals surface area (Å²) in [6.07, 6.45) is 6.97. The molecule has 0 aromatic rings. The summed E-state index contributed by atoms with van der Waals surface area (Å²) < 4.78 is 0. The molecule has 3 heterocycles. The van der Waals surface area contributed by atoms with Crippen LogP contribution < -0.4 is 5.32 Å². The Morgan fingerprint density at radius 1 is 1.33 bits per heavy atom. The molecule has 3 unspecified atom stereocenters. The zero-order valence-corrected chi connectivity index (χ0v) is 10.5. The maximum Gasteiger partial charge on any atom is 0.0674 e. The Hall–Kier alpha value is 0.270. The van der Waals surface area contributed by atoms with Gasteiger partial charge in [-0.1, -0.05) is 0 Å². The Morgan fingerprint density at radius 3 is 3.13 bits per heavy atom. The maximum absolute atomic E-state index is 3.88. The van der Waals surface area contributed by atoms with Crippen molar-refractivity contribution in [3.8, 4) is 0 Å². The minimum absolute atomic E-state index is 0.448. The van der Waals surface area contributed by atoms with Crippen LogP contribution in [0.3, 0.4) is 0 Å². The lowest BCUT2D eigenvalue weighted by atomic mass is 9.95. The number of fused-ring (bicyclic) bond motifs is 1. The van der Waals surface area contributed by atoms with E-state index in [1.807, 2.05) is 0 Å². The van der Waals surface area contributed by atoms with E-state index in [9.17, 15) is 0 Å². The summed E-state index contributed by atoms with van der Waals surface area (Å²) in [5.41, 5.74) is 0. The van der Waals surface area contributed by atoms with Crippen LogP contribution in [-0.2, 0) is 0 Å². The van der Waals surface area contributed by atoms with E-state index in [1.165, 1.54) is 50.9 Å². The molecule has 1 spiro atoms. The van der Waals surface area contributed by atoms with E-state index in [0.717, 1.165) is 12.1 Å². The maximum atomic E-state index is 3.88. The standard InChI is InChI=1S/C12H22N2S/c1-10-4-8-15-12(13-10)5-7-14-6-2-3-11(14)9-12/h10-11,13H,2-9H2,1H3. The Balaban J connectivity index is 1.71. The van der Waals surface area contributed by atoms with Crippen LogP contribution >= 0.6 is 11.8 Å². The second-order valence-electron chi connectivity index (χ2n) is 5.46. The largest absolute Gasteiger partial charge is 0.300 e. The summed E-state index contributed by atoms with van der Waals surface area (Å²) in [6.45, 7) is 5.04. The molecule has 0 saturated carbocycles. The molecular weight excluding hydrogens is 204 g/mol. The number of rotatable bonds is 0. The molecule has 0 bridgehead atoms. The lowest BCUT2D eigenvalue weighted by molar-refractivity contribution is 0.144. The lowest BCUT2D eigenvalue weighted by Crippen LogP contribution is -2.58. The molecule has 2 nitrogen and oxygen atoms in total. The van der Waals surface area contributed by atoms with Gasteiger partial charge in [-0.3, -0.25) is 0 Å². The van der Waals surface area contributed by atoms with Crippen molar-refractivity contribution in [2.45, 2.75) is 56.0 Å². The van der Waals surface area contributed by atoms with Gasteiger partial charge in [0.2, 0.25) is 0 Å². The van der Waals surface area contributed by atoms with Crippen LogP contribution in [0.1, 0.15) is 39.0 Å². The fraction of sp³-hybridized carbons (Fsp3) is 1.00. The van der Waals surface area contributed by atoms with Crippen LogP contribution in [0.15, 0.2) is 0 Å². The highest BCUT2D eigenvalue weighted by atomic mass is 32.2. The molecule has 3 aliphatic rings. The number of hydrogen-bond donors (Lipinski definition) is 1. The molecule has 3 atom stereocenters. The number of nitrogens with one attached hydrogen (secondary N) is 1. The minimum Gasteiger partial charge on any atom is -0.300 e. The van der Waals surface area contributed by atoms with Gasteiger partial charge in [-0.2, -0.15) is 0 Å². The third-order valence-electron chi connectivity index (χ3n) is 4.31. The summed E-state index contributed by atoms with van der Waals surface area (Å²) in [7, 11) is 0. The van der Waals surface area contributed by atoms with Gasteiger partial charge < -0.3 is 10.2 Å². The Kier molecular flexibility index (Phi) is 2.74. The highest BCUT2D eigenvalue weighted by molar-refractivity contribution is 8.00. The first-order valence-corrected chi connectivity index (χ1v) is 7.42. The topological polar surface area (TPSA) is 15.3 Å². The smallest absolute Gasteiger partial charge is 0.0674 e. The summed E-state index contributed by atoms with van der Waals surface area (Å²) in [5.74, 6) is 1.36. The molecule has 0 radical (unpaired) electrons. The van der Waals surface area contributed by atoms with Gasteiger partial charge in [-0.05, 0) is 51.3 Å². The first-order chi connectivity index (χ1) is 7.27. The van der Waals surface area contributed by atoms with Crippen LogP contribution in [-0.4, -0.2) is 40.7 Å². The third kappa shape index (κ3) is 1.94. The SMILES string of the molecule is CC1CCSC2(CCN3CCCC3C2)N1. The van der Waals surface area contributed by atoms with E-state index in [-0.39, 0.29) is 0 Å². The van der Waals surface area contributed by atoms with Crippen molar-refractivity contribution in [2.75, 3.05) is 18.8 Å². The minimum atomic E-state index is 0.448. The van der Waals surface area contributed by atoms with Gasteiger partial charge in [0.1, 0.15) is 0 Å². The van der Waals surface area contributed by atoms with Gasteiger partial charge in [0, 0.05) is 18.6 Å². The second kappa shape index (κ2) is 3.94. The third-order valence-corrected chi connectivity index (χ3v) is 5.79. The summed E-state index contributed by atoms with van der Waals surface area (Å²) in [4.78, 5) is 3.16. The molecule has 3 heteroatoms. The Morgan fingerprint density at radius 2 is 2.27 bits per heavy atom. The molecule has 3 saturated heterocycles. The highest BCUT2D eigenvalue weighted by Gasteiger charge is 2.43. The highest BCUT2D eigenvalue weighted by Crippen LogP contribution is 2.42. The van der Waals surface area contributed by atoms with Crippen molar-refractivity contribution in [1.29, 1.82) is 0 Å². The average molecular weight is 226 g/mol. The van der Waals surface area contributed by atoms with Gasteiger partial charge in [0.25, 0.3) is 0 Å². The second-order valence-corrected chi connectivity index (χ2v) is 6.94. The zero-order chi connectivity index (χ0) is 10.3. The van der Waals surface area contributed by atoms with Crippen molar-refractivity contribution < 1.29 is 0 Å². The number of piperidine rings is 1. The number of hydrogen-bond acceptors (Lipinski definition) is 3.